The highest BCUT2D eigenvalue weighted by molar-refractivity contribution is 5.52. The summed E-state index contributed by atoms with van der Waals surface area (Å²) in [6.45, 7) is 9.98. The quantitative estimate of drug-likeness (QED) is 0.617. The average Bonchev–Trinajstić information content (AvgIpc) is 2.51. The van der Waals surface area contributed by atoms with Crippen molar-refractivity contribution in [1.29, 1.82) is 0 Å². The van der Waals surface area contributed by atoms with E-state index < -0.39 is 0 Å². The summed E-state index contributed by atoms with van der Waals surface area (Å²) in [5.41, 5.74) is 7.16. The smallest absolute Gasteiger partial charge is 0.122 e. The molecule has 0 aromatic heterocycles. The first-order chi connectivity index (χ1) is 10.1. The van der Waals surface area contributed by atoms with E-state index in [9.17, 15) is 4.79 Å². The molecule has 0 amide bonds. The Hall–Kier alpha value is -1.45. The molecule has 3 heteroatoms. The fourth-order valence-corrected chi connectivity index (χ4v) is 1.65. The SMILES string of the molecule is C=CCOC.CC.CC(C=O)CC(N)Cc1ccccc1. The summed E-state index contributed by atoms with van der Waals surface area (Å²) < 4.78 is 4.57. The summed E-state index contributed by atoms with van der Waals surface area (Å²) in [5, 5.41) is 0. The summed E-state index contributed by atoms with van der Waals surface area (Å²) >= 11 is 0. The Morgan fingerprint density at radius 2 is 1.86 bits per heavy atom. The summed E-state index contributed by atoms with van der Waals surface area (Å²) in [4.78, 5) is 10.4. The number of benzene rings is 1. The van der Waals surface area contributed by atoms with Crippen LogP contribution in [0, 0.1) is 5.92 Å². The minimum Gasteiger partial charge on any atom is -0.381 e. The van der Waals surface area contributed by atoms with Crippen LogP contribution in [0.5, 0.6) is 0 Å². The number of hydrogen-bond donors (Lipinski definition) is 1. The Balaban J connectivity index is 0. The zero-order chi connectivity index (χ0) is 16.5. The molecule has 0 aliphatic rings. The minimum absolute atomic E-state index is 0.0636. The van der Waals surface area contributed by atoms with Crippen molar-refractivity contribution in [2.45, 2.75) is 39.7 Å². The van der Waals surface area contributed by atoms with Crippen molar-refractivity contribution in [2.24, 2.45) is 11.7 Å². The fourth-order valence-electron chi connectivity index (χ4n) is 1.65. The van der Waals surface area contributed by atoms with Crippen molar-refractivity contribution >= 4 is 6.29 Å². The van der Waals surface area contributed by atoms with Gasteiger partial charge in [-0.3, -0.25) is 0 Å². The predicted octanol–water partition coefficient (Wildman–Crippen LogP) is 3.63. The van der Waals surface area contributed by atoms with E-state index in [1.54, 1.807) is 13.2 Å². The fraction of sp³-hybridized carbons (Fsp3) is 0.500. The summed E-state index contributed by atoms with van der Waals surface area (Å²) in [6, 6.07) is 10.2. The molecule has 0 aliphatic carbocycles. The lowest BCUT2D eigenvalue weighted by Gasteiger charge is -2.12. The van der Waals surface area contributed by atoms with E-state index in [-0.39, 0.29) is 12.0 Å². The number of rotatable bonds is 7. The van der Waals surface area contributed by atoms with Gasteiger partial charge in [0.1, 0.15) is 6.29 Å². The normalized spacial score (nSPS) is 11.9. The third-order valence-electron chi connectivity index (χ3n) is 2.53. The second-order valence-corrected chi connectivity index (χ2v) is 4.54. The molecule has 120 valence electrons. The van der Waals surface area contributed by atoms with Crippen LogP contribution in [0.4, 0.5) is 0 Å². The maximum Gasteiger partial charge on any atom is 0.122 e. The standard InChI is InChI=1S/C12H17NO.C4H8O.C2H6/c1-10(9-14)7-12(13)8-11-5-3-2-4-6-11;1-3-4-5-2;1-2/h2-6,9-10,12H,7-8,13H2,1H3;3H,1,4H2,2H3;1-2H3. The number of ether oxygens (including phenoxy) is 1. The van der Waals surface area contributed by atoms with Crippen molar-refractivity contribution in [3.05, 3.63) is 48.6 Å². The Kier molecular flexibility index (Phi) is 17.3. The van der Waals surface area contributed by atoms with E-state index in [1.807, 2.05) is 39.0 Å². The van der Waals surface area contributed by atoms with Crippen LogP contribution in [0.25, 0.3) is 0 Å². The van der Waals surface area contributed by atoms with Crippen LogP contribution < -0.4 is 5.73 Å². The molecule has 0 heterocycles. The van der Waals surface area contributed by atoms with Gasteiger partial charge >= 0.3 is 0 Å². The van der Waals surface area contributed by atoms with E-state index in [4.69, 9.17) is 5.73 Å². The molecule has 0 fully saturated rings. The summed E-state index contributed by atoms with van der Waals surface area (Å²) in [7, 11) is 1.64. The molecule has 0 saturated heterocycles. The Morgan fingerprint density at radius 3 is 2.24 bits per heavy atom. The molecule has 3 nitrogen and oxygen atoms in total. The molecule has 2 N–H and O–H groups in total. The van der Waals surface area contributed by atoms with E-state index in [1.165, 1.54) is 5.56 Å². The van der Waals surface area contributed by atoms with E-state index in [0.29, 0.717) is 6.61 Å². The van der Waals surface area contributed by atoms with Crippen molar-refractivity contribution in [2.75, 3.05) is 13.7 Å². The lowest BCUT2D eigenvalue weighted by Crippen LogP contribution is -2.25. The molecule has 1 rings (SSSR count). The number of aldehydes is 1. The van der Waals surface area contributed by atoms with Crippen LogP contribution in [0.15, 0.2) is 43.0 Å². The third-order valence-corrected chi connectivity index (χ3v) is 2.53. The predicted molar refractivity (Wildman–Crippen MR) is 91.4 cm³/mol. The van der Waals surface area contributed by atoms with Gasteiger partial charge in [-0.15, -0.1) is 6.58 Å². The van der Waals surface area contributed by atoms with Crippen LogP contribution in [0.1, 0.15) is 32.8 Å². The Bertz CT molecular complexity index is 338. The van der Waals surface area contributed by atoms with Crippen LogP contribution in [-0.4, -0.2) is 26.0 Å². The summed E-state index contributed by atoms with van der Waals surface area (Å²) in [6.07, 6.45) is 4.28. The van der Waals surface area contributed by atoms with Gasteiger partial charge in [0.25, 0.3) is 0 Å². The summed E-state index contributed by atoms with van der Waals surface area (Å²) in [5.74, 6) is 0.0636. The van der Waals surface area contributed by atoms with Crippen LogP contribution in [0.2, 0.25) is 0 Å². The zero-order valence-electron chi connectivity index (χ0n) is 13.9. The van der Waals surface area contributed by atoms with Crippen molar-refractivity contribution < 1.29 is 9.53 Å². The van der Waals surface area contributed by atoms with Gasteiger partial charge in [0, 0.05) is 19.1 Å². The molecule has 2 atom stereocenters. The Morgan fingerprint density at radius 1 is 1.29 bits per heavy atom. The molecule has 0 bridgehead atoms. The first-order valence-electron chi connectivity index (χ1n) is 7.48. The first kappa shape index (κ1) is 21.8. The largest absolute Gasteiger partial charge is 0.381 e. The number of hydrogen-bond acceptors (Lipinski definition) is 3. The number of carbonyl (C=O) groups is 1. The molecular weight excluding hydrogens is 262 g/mol. The van der Waals surface area contributed by atoms with Crippen molar-refractivity contribution in [1.82, 2.24) is 0 Å². The van der Waals surface area contributed by atoms with Gasteiger partial charge in [-0.2, -0.15) is 0 Å². The van der Waals surface area contributed by atoms with E-state index in [2.05, 4.69) is 23.4 Å². The molecule has 21 heavy (non-hydrogen) atoms. The minimum atomic E-state index is 0.0636. The highest BCUT2D eigenvalue weighted by Crippen LogP contribution is 2.08. The lowest BCUT2D eigenvalue weighted by atomic mass is 9.98. The maximum atomic E-state index is 10.4. The molecule has 2 unspecified atom stereocenters. The van der Waals surface area contributed by atoms with Gasteiger partial charge in [-0.05, 0) is 18.4 Å². The average molecular weight is 293 g/mol. The molecular formula is C18H31NO2. The first-order valence-corrected chi connectivity index (χ1v) is 7.48. The van der Waals surface area contributed by atoms with Gasteiger partial charge in [-0.1, -0.05) is 57.2 Å². The van der Waals surface area contributed by atoms with Crippen LogP contribution >= 0.6 is 0 Å². The molecule has 1 aromatic carbocycles. The van der Waals surface area contributed by atoms with Gasteiger partial charge < -0.3 is 15.3 Å². The maximum absolute atomic E-state index is 10.4. The van der Waals surface area contributed by atoms with Gasteiger partial charge in [0.2, 0.25) is 0 Å². The second kappa shape index (κ2) is 16.6. The van der Waals surface area contributed by atoms with Crippen LogP contribution in [0.3, 0.4) is 0 Å². The molecule has 0 aliphatic heterocycles. The topological polar surface area (TPSA) is 52.3 Å². The van der Waals surface area contributed by atoms with Crippen molar-refractivity contribution in [3.8, 4) is 0 Å². The second-order valence-electron chi connectivity index (χ2n) is 4.54. The lowest BCUT2D eigenvalue weighted by molar-refractivity contribution is -0.110. The number of methoxy groups -OCH3 is 1. The molecule has 0 spiro atoms. The number of nitrogens with two attached hydrogens (primary N) is 1. The van der Waals surface area contributed by atoms with Gasteiger partial charge in [-0.25, -0.2) is 0 Å². The number of carbonyl (C=O) groups excluding carboxylic acids is 1. The Labute approximate surface area is 130 Å². The van der Waals surface area contributed by atoms with Gasteiger partial charge in [0.05, 0.1) is 6.61 Å². The van der Waals surface area contributed by atoms with Gasteiger partial charge in [0.15, 0.2) is 0 Å². The molecule has 0 radical (unpaired) electrons. The van der Waals surface area contributed by atoms with Crippen LogP contribution in [-0.2, 0) is 16.0 Å². The zero-order valence-corrected chi connectivity index (χ0v) is 13.9. The monoisotopic (exact) mass is 293 g/mol. The van der Waals surface area contributed by atoms with E-state index >= 15 is 0 Å². The molecule has 1 aromatic rings. The molecule has 0 saturated carbocycles. The van der Waals surface area contributed by atoms with Crippen molar-refractivity contribution in [3.63, 3.8) is 0 Å². The van der Waals surface area contributed by atoms with E-state index in [0.717, 1.165) is 19.1 Å². The third kappa shape index (κ3) is 14.8. The highest BCUT2D eigenvalue weighted by atomic mass is 16.5. The highest BCUT2D eigenvalue weighted by Gasteiger charge is 2.08.